The van der Waals surface area contributed by atoms with Crippen LogP contribution in [0.1, 0.15) is 5.56 Å². The summed E-state index contributed by atoms with van der Waals surface area (Å²) in [4.78, 5) is 46.5. The molecule has 0 aliphatic carbocycles. The normalized spacial score (nSPS) is 10.3. The van der Waals surface area contributed by atoms with Gasteiger partial charge in [0.2, 0.25) is 0 Å². The van der Waals surface area contributed by atoms with E-state index in [9.17, 15) is 19.2 Å². The zero-order valence-corrected chi connectivity index (χ0v) is 21.7. The predicted octanol–water partition coefficient (Wildman–Crippen LogP) is 2.82. The fourth-order valence-corrected chi connectivity index (χ4v) is 3.07. The number of ether oxygens (including phenoxy) is 6. The third kappa shape index (κ3) is 11.2. The summed E-state index contributed by atoms with van der Waals surface area (Å²) in [6, 6.07) is 8.55. The maximum atomic E-state index is 12.3. The van der Waals surface area contributed by atoms with E-state index in [0.29, 0.717) is 22.1 Å². The lowest BCUT2D eigenvalue weighted by molar-refractivity contribution is -0.140. The Bertz CT molecular complexity index is 1160. The van der Waals surface area contributed by atoms with Gasteiger partial charge in [0.05, 0.1) is 26.4 Å². The second kappa shape index (κ2) is 17.2. The molecule has 0 spiro atoms. The molecule has 2 amide bonds. The molecule has 0 bridgehead atoms. The minimum Gasteiger partial charge on any atom is -0.460 e. The molecule has 2 aromatic rings. The zero-order chi connectivity index (χ0) is 28.5. The molecular weight excluding hydrogens is 512 g/mol. The van der Waals surface area contributed by atoms with Gasteiger partial charge in [-0.05, 0) is 18.6 Å². The second-order valence-corrected chi connectivity index (χ2v) is 7.66. The average molecular weight is 545 g/mol. The number of aryl methyl sites for hydroxylation is 1. The Balaban J connectivity index is 1.83. The van der Waals surface area contributed by atoms with Crippen molar-refractivity contribution in [3.8, 4) is 11.5 Å². The molecule has 2 N–H and O–H groups in total. The van der Waals surface area contributed by atoms with Crippen LogP contribution in [0.5, 0.6) is 11.5 Å². The van der Waals surface area contributed by atoms with Crippen LogP contribution >= 0.6 is 0 Å². The van der Waals surface area contributed by atoms with E-state index < -0.39 is 24.1 Å². The second-order valence-electron chi connectivity index (χ2n) is 7.66. The van der Waals surface area contributed by atoms with Crippen LogP contribution in [0.2, 0.25) is 0 Å². The summed E-state index contributed by atoms with van der Waals surface area (Å²) in [5.41, 5.74) is 0.704. The first kappa shape index (κ1) is 30.8. The van der Waals surface area contributed by atoms with E-state index in [-0.39, 0.29) is 58.5 Å². The maximum Gasteiger partial charge on any atom is 0.412 e. The quantitative estimate of drug-likeness (QED) is 0.184. The Morgan fingerprint density at radius 3 is 1.85 bits per heavy atom. The van der Waals surface area contributed by atoms with Crippen LogP contribution in [0.15, 0.2) is 55.6 Å². The molecule has 210 valence electrons. The summed E-state index contributed by atoms with van der Waals surface area (Å²) in [7, 11) is 0. The number of amides is 2. The third-order valence-electron chi connectivity index (χ3n) is 4.88. The molecule has 0 fully saturated rings. The summed E-state index contributed by atoms with van der Waals surface area (Å²) in [5.74, 6) is -0.476. The first-order valence-electron chi connectivity index (χ1n) is 12.0. The average Bonchev–Trinajstić information content (AvgIpc) is 2.93. The number of hydrogen-bond donors (Lipinski definition) is 2. The molecule has 0 heterocycles. The van der Waals surface area contributed by atoms with Gasteiger partial charge >= 0.3 is 24.1 Å². The predicted molar refractivity (Wildman–Crippen MR) is 141 cm³/mol. The van der Waals surface area contributed by atoms with Crippen molar-refractivity contribution in [3.63, 3.8) is 0 Å². The molecular formula is C27H32N2O10. The van der Waals surface area contributed by atoms with Crippen LogP contribution in [-0.2, 0) is 28.5 Å². The smallest absolute Gasteiger partial charge is 0.412 e. The van der Waals surface area contributed by atoms with Gasteiger partial charge in [-0.15, -0.1) is 0 Å². The number of hydrogen-bond acceptors (Lipinski definition) is 10. The van der Waals surface area contributed by atoms with Crippen LogP contribution in [-0.4, -0.2) is 76.9 Å². The lowest BCUT2D eigenvalue weighted by atomic mass is 10.1. The highest BCUT2D eigenvalue weighted by atomic mass is 16.6. The molecule has 2 aromatic carbocycles. The first-order chi connectivity index (χ1) is 18.8. The number of fused-ring (bicyclic) bond motifs is 1. The van der Waals surface area contributed by atoms with Gasteiger partial charge in [0.1, 0.15) is 24.7 Å². The van der Waals surface area contributed by atoms with E-state index in [0.717, 1.165) is 12.2 Å². The van der Waals surface area contributed by atoms with Crippen molar-refractivity contribution in [1.82, 2.24) is 10.6 Å². The van der Waals surface area contributed by atoms with E-state index in [2.05, 4.69) is 23.8 Å². The number of benzene rings is 2. The minimum atomic E-state index is -0.691. The van der Waals surface area contributed by atoms with Crippen molar-refractivity contribution in [2.75, 3.05) is 52.7 Å². The summed E-state index contributed by atoms with van der Waals surface area (Å²) >= 11 is 0. The topological polar surface area (TPSA) is 148 Å². The first-order valence-corrected chi connectivity index (χ1v) is 12.0. The highest BCUT2D eigenvalue weighted by molar-refractivity contribution is 5.96. The van der Waals surface area contributed by atoms with Crippen molar-refractivity contribution in [3.05, 3.63) is 61.2 Å². The monoisotopic (exact) mass is 544 g/mol. The van der Waals surface area contributed by atoms with Crippen LogP contribution in [0.25, 0.3) is 10.8 Å². The standard InChI is InChI=1S/C27H32N2O10/c1-4-23(30)36-17-15-34-13-11-28-26(32)38-22-8-6-7-21-20(22)10-9-19(3)25(21)39-27(33)29-12-14-35-16-18-37-24(31)5-2/h4-10H,1-2,11-18H2,3H3,(H,28,32)(H,29,33). The number of nitrogens with one attached hydrogen (secondary N) is 2. The number of rotatable bonds is 16. The van der Waals surface area contributed by atoms with Gasteiger partial charge in [0.15, 0.2) is 0 Å². The lowest BCUT2D eigenvalue weighted by Gasteiger charge is -2.14. The summed E-state index contributed by atoms with van der Waals surface area (Å²) in [6.07, 6.45) is 0.745. The van der Waals surface area contributed by atoms with E-state index in [1.807, 2.05) is 0 Å². The third-order valence-corrected chi connectivity index (χ3v) is 4.88. The molecule has 0 saturated heterocycles. The molecule has 12 heteroatoms. The zero-order valence-electron chi connectivity index (χ0n) is 21.7. The molecule has 0 aromatic heterocycles. The van der Waals surface area contributed by atoms with Crippen LogP contribution in [0.4, 0.5) is 9.59 Å². The molecule has 0 atom stereocenters. The van der Waals surface area contributed by atoms with E-state index in [4.69, 9.17) is 28.4 Å². The molecule has 0 unspecified atom stereocenters. The Morgan fingerprint density at radius 2 is 1.28 bits per heavy atom. The molecule has 0 radical (unpaired) electrons. The van der Waals surface area contributed by atoms with Crippen molar-refractivity contribution in [2.24, 2.45) is 0 Å². The van der Waals surface area contributed by atoms with E-state index in [1.54, 1.807) is 37.3 Å². The van der Waals surface area contributed by atoms with Crippen LogP contribution in [0.3, 0.4) is 0 Å². The van der Waals surface area contributed by atoms with Gasteiger partial charge in [-0.2, -0.15) is 0 Å². The van der Waals surface area contributed by atoms with Crippen molar-refractivity contribution < 1.29 is 47.6 Å². The number of carbonyl (C=O) groups is 4. The Labute approximate surface area is 225 Å². The van der Waals surface area contributed by atoms with Gasteiger partial charge in [0.25, 0.3) is 0 Å². The molecule has 2 rings (SSSR count). The summed E-state index contributed by atoms with van der Waals surface area (Å²) in [5, 5.41) is 6.30. The van der Waals surface area contributed by atoms with Gasteiger partial charge in [-0.25, -0.2) is 19.2 Å². The van der Waals surface area contributed by atoms with E-state index >= 15 is 0 Å². The largest absolute Gasteiger partial charge is 0.460 e. The molecule has 0 aliphatic rings. The summed E-state index contributed by atoms with van der Waals surface area (Å²) in [6.45, 7) is 9.62. The molecule has 0 saturated carbocycles. The summed E-state index contributed by atoms with van der Waals surface area (Å²) < 4.78 is 31.1. The lowest BCUT2D eigenvalue weighted by Crippen LogP contribution is -2.30. The molecule has 0 aliphatic heterocycles. The van der Waals surface area contributed by atoms with Gasteiger partial charge in [0, 0.05) is 36.0 Å². The number of carbonyl (C=O) groups excluding carboxylic acids is 4. The highest BCUT2D eigenvalue weighted by Crippen LogP contribution is 2.35. The number of esters is 2. The Hall–Kier alpha value is -4.42. The highest BCUT2D eigenvalue weighted by Gasteiger charge is 2.15. The van der Waals surface area contributed by atoms with Gasteiger partial charge < -0.3 is 39.1 Å². The Morgan fingerprint density at radius 1 is 0.718 bits per heavy atom. The van der Waals surface area contributed by atoms with Gasteiger partial charge in [-0.3, -0.25) is 0 Å². The fraction of sp³-hybridized carbons (Fsp3) is 0.333. The molecule has 39 heavy (non-hydrogen) atoms. The van der Waals surface area contributed by atoms with Crippen molar-refractivity contribution >= 4 is 34.9 Å². The van der Waals surface area contributed by atoms with Crippen molar-refractivity contribution in [1.29, 1.82) is 0 Å². The van der Waals surface area contributed by atoms with Crippen molar-refractivity contribution in [2.45, 2.75) is 6.92 Å². The SMILES string of the molecule is C=CC(=O)OCCOCCNC(=O)Oc1cccc2c(OC(=O)NCCOCCOC(=O)C=C)c(C)ccc12. The minimum absolute atomic E-state index is 0.0791. The Kier molecular flexibility index (Phi) is 13.6. The van der Waals surface area contributed by atoms with Crippen LogP contribution in [0, 0.1) is 6.92 Å². The fourth-order valence-electron chi connectivity index (χ4n) is 3.07. The van der Waals surface area contributed by atoms with Crippen LogP contribution < -0.4 is 20.1 Å². The molecule has 12 nitrogen and oxygen atoms in total. The maximum absolute atomic E-state index is 12.3. The van der Waals surface area contributed by atoms with E-state index in [1.165, 1.54) is 0 Å². The van der Waals surface area contributed by atoms with Gasteiger partial charge in [-0.1, -0.05) is 37.4 Å².